The van der Waals surface area contributed by atoms with Gasteiger partial charge < -0.3 is 14.6 Å². The Hall–Kier alpha value is -1.13. The molecule has 0 amide bonds. The van der Waals surface area contributed by atoms with Gasteiger partial charge in [-0.25, -0.2) is 0 Å². The third kappa shape index (κ3) is 2.97. The molecule has 1 N–H and O–H groups in total. The second kappa shape index (κ2) is 5.57. The third-order valence-electron chi connectivity index (χ3n) is 2.00. The Morgan fingerprint density at radius 1 is 1.57 bits per heavy atom. The highest BCUT2D eigenvalue weighted by atomic mass is 16.5. The van der Waals surface area contributed by atoms with E-state index in [1.54, 1.807) is 24.9 Å². The number of methoxy groups -OCH3 is 1. The zero-order valence-corrected chi connectivity index (χ0v) is 8.62. The Bertz CT molecular complexity index is 333. The van der Waals surface area contributed by atoms with E-state index < -0.39 is 0 Å². The highest BCUT2D eigenvalue weighted by Gasteiger charge is 1.98. The normalized spacial score (nSPS) is 10.4. The molecule has 14 heavy (non-hydrogen) atoms. The van der Waals surface area contributed by atoms with Gasteiger partial charge in [0.2, 0.25) is 0 Å². The van der Waals surface area contributed by atoms with Crippen molar-refractivity contribution in [3.8, 4) is 0 Å². The van der Waals surface area contributed by atoms with E-state index in [9.17, 15) is 4.79 Å². The topological polar surface area (TPSA) is 43.3 Å². The quantitative estimate of drug-likeness (QED) is 0.680. The van der Waals surface area contributed by atoms with Crippen LogP contribution < -0.4 is 10.9 Å². The summed E-state index contributed by atoms with van der Waals surface area (Å²) in [5.74, 6) is 0. The van der Waals surface area contributed by atoms with E-state index >= 15 is 0 Å². The van der Waals surface area contributed by atoms with E-state index in [4.69, 9.17) is 4.74 Å². The second-order valence-electron chi connectivity index (χ2n) is 3.12. The fourth-order valence-electron chi connectivity index (χ4n) is 1.19. The third-order valence-corrected chi connectivity index (χ3v) is 2.00. The molecule has 78 valence electrons. The lowest BCUT2D eigenvalue weighted by Crippen LogP contribution is -2.26. The molecule has 0 saturated heterocycles. The Labute approximate surface area is 83.5 Å². The summed E-state index contributed by atoms with van der Waals surface area (Å²) in [5, 5.41) is 3.13. The van der Waals surface area contributed by atoms with Gasteiger partial charge in [0.05, 0.1) is 6.61 Å². The Morgan fingerprint density at radius 3 is 3.07 bits per heavy atom. The van der Waals surface area contributed by atoms with Crippen LogP contribution in [0.25, 0.3) is 0 Å². The van der Waals surface area contributed by atoms with E-state index in [2.05, 4.69) is 5.32 Å². The van der Waals surface area contributed by atoms with Crippen LogP contribution >= 0.6 is 0 Å². The molecule has 0 radical (unpaired) electrons. The molecule has 4 heteroatoms. The summed E-state index contributed by atoms with van der Waals surface area (Å²) in [6.07, 6.45) is 1.75. The minimum Gasteiger partial charge on any atom is -0.383 e. The van der Waals surface area contributed by atoms with E-state index in [1.807, 2.05) is 12.1 Å². The number of hydrogen-bond acceptors (Lipinski definition) is 3. The second-order valence-corrected chi connectivity index (χ2v) is 3.12. The van der Waals surface area contributed by atoms with Crippen molar-refractivity contribution in [2.24, 2.45) is 7.05 Å². The maximum absolute atomic E-state index is 11.5. The summed E-state index contributed by atoms with van der Waals surface area (Å²) in [6.45, 7) is 2.01. The fraction of sp³-hybridized carbons (Fsp3) is 0.500. The van der Waals surface area contributed by atoms with E-state index in [-0.39, 0.29) is 5.56 Å². The molecule has 1 rings (SSSR count). The van der Waals surface area contributed by atoms with Crippen molar-refractivity contribution in [2.75, 3.05) is 20.3 Å². The van der Waals surface area contributed by atoms with Crippen LogP contribution in [-0.4, -0.2) is 24.8 Å². The van der Waals surface area contributed by atoms with Crippen LogP contribution in [0.5, 0.6) is 0 Å². The molecule has 0 fully saturated rings. The highest BCUT2D eigenvalue weighted by Crippen LogP contribution is 1.89. The van der Waals surface area contributed by atoms with Gasteiger partial charge in [-0.3, -0.25) is 4.79 Å². The lowest BCUT2D eigenvalue weighted by Gasteiger charge is -2.04. The molecular formula is C10H16N2O2. The molecule has 4 nitrogen and oxygen atoms in total. The van der Waals surface area contributed by atoms with Gasteiger partial charge in [-0.05, 0) is 6.07 Å². The molecule has 0 unspecified atom stereocenters. The smallest absolute Gasteiger partial charge is 0.254 e. The van der Waals surface area contributed by atoms with Gasteiger partial charge in [-0.1, -0.05) is 6.07 Å². The Morgan fingerprint density at radius 2 is 2.36 bits per heavy atom. The monoisotopic (exact) mass is 196 g/mol. The number of nitrogens with zero attached hydrogens (tertiary/aromatic N) is 1. The van der Waals surface area contributed by atoms with Crippen LogP contribution in [0.4, 0.5) is 0 Å². The van der Waals surface area contributed by atoms with Gasteiger partial charge >= 0.3 is 0 Å². The molecule has 0 aliphatic heterocycles. The van der Waals surface area contributed by atoms with Crippen molar-refractivity contribution >= 4 is 0 Å². The van der Waals surface area contributed by atoms with Gasteiger partial charge in [-0.15, -0.1) is 0 Å². The summed E-state index contributed by atoms with van der Waals surface area (Å²) in [7, 11) is 3.41. The highest BCUT2D eigenvalue weighted by molar-refractivity contribution is 5.09. The van der Waals surface area contributed by atoms with Crippen LogP contribution in [0, 0.1) is 0 Å². The number of pyridine rings is 1. The predicted molar refractivity (Wildman–Crippen MR) is 55.3 cm³/mol. The minimum absolute atomic E-state index is 0.0532. The van der Waals surface area contributed by atoms with Crippen LogP contribution in [0.1, 0.15) is 5.56 Å². The van der Waals surface area contributed by atoms with E-state index in [1.165, 1.54) is 0 Å². The summed E-state index contributed by atoms with van der Waals surface area (Å²) in [6, 6.07) is 3.71. The lowest BCUT2D eigenvalue weighted by atomic mass is 10.3. The van der Waals surface area contributed by atoms with Crippen molar-refractivity contribution in [3.05, 3.63) is 34.2 Å². The summed E-state index contributed by atoms with van der Waals surface area (Å²) in [5.41, 5.74) is 0.837. The number of nitrogens with one attached hydrogen (secondary N) is 1. The van der Waals surface area contributed by atoms with Crippen molar-refractivity contribution in [1.82, 2.24) is 9.88 Å². The molecular weight excluding hydrogens is 180 g/mol. The summed E-state index contributed by atoms with van der Waals surface area (Å²) < 4.78 is 6.46. The minimum atomic E-state index is 0.0532. The first-order valence-electron chi connectivity index (χ1n) is 4.60. The van der Waals surface area contributed by atoms with Gasteiger partial charge in [-0.2, -0.15) is 0 Å². The molecule has 0 aromatic carbocycles. The number of hydrogen-bond donors (Lipinski definition) is 1. The number of ether oxygens (including phenoxy) is 1. The van der Waals surface area contributed by atoms with Crippen LogP contribution in [0.3, 0.4) is 0 Å². The summed E-state index contributed by atoms with van der Waals surface area (Å²) in [4.78, 5) is 11.5. The van der Waals surface area contributed by atoms with E-state index in [0.717, 1.165) is 12.1 Å². The Kier molecular flexibility index (Phi) is 4.35. The standard InChI is InChI=1S/C10H16N2O2/c1-12-6-3-4-9(10(12)13)8-11-5-7-14-2/h3-4,6,11H,5,7-8H2,1-2H3. The summed E-state index contributed by atoms with van der Waals surface area (Å²) >= 11 is 0. The van der Waals surface area contributed by atoms with Crippen molar-refractivity contribution in [2.45, 2.75) is 6.54 Å². The largest absolute Gasteiger partial charge is 0.383 e. The van der Waals surface area contributed by atoms with Crippen LogP contribution in [0.2, 0.25) is 0 Å². The molecule has 0 saturated carbocycles. The maximum Gasteiger partial charge on any atom is 0.254 e. The first-order chi connectivity index (χ1) is 6.75. The van der Waals surface area contributed by atoms with Gasteiger partial charge in [0.25, 0.3) is 5.56 Å². The zero-order valence-electron chi connectivity index (χ0n) is 8.62. The number of aromatic nitrogens is 1. The van der Waals surface area contributed by atoms with Crippen molar-refractivity contribution in [3.63, 3.8) is 0 Å². The van der Waals surface area contributed by atoms with Gasteiger partial charge in [0.15, 0.2) is 0 Å². The predicted octanol–water partition coefficient (Wildman–Crippen LogP) is 0.121. The average Bonchev–Trinajstić information content (AvgIpc) is 2.19. The van der Waals surface area contributed by atoms with Crippen molar-refractivity contribution < 1.29 is 4.74 Å². The SMILES string of the molecule is COCCNCc1cccn(C)c1=O. The maximum atomic E-state index is 11.5. The first kappa shape index (κ1) is 10.9. The molecule has 1 heterocycles. The molecule has 0 spiro atoms. The lowest BCUT2D eigenvalue weighted by molar-refractivity contribution is 0.199. The van der Waals surface area contributed by atoms with Gasteiger partial charge in [0, 0.05) is 39.0 Å². The van der Waals surface area contributed by atoms with Crippen LogP contribution in [-0.2, 0) is 18.3 Å². The fourth-order valence-corrected chi connectivity index (χ4v) is 1.19. The number of rotatable bonds is 5. The van der Waals surface area contributed by atoms with Crippen LogP contribution in [0.15, 0.2) is 23.1 Å². The number of aryl methyl sites for hydroxylation is 1. The van der Waals surface area contributed by atoms with Gasteiger partial charge in [0.1, 0.15) is 0 Å². The first-order valence-corrected chi connectivity index (χ1v) is 4.60. The molecule has 0 aliphatic rings. The molecule has 0 bridgehead atoms. The molecule has 1 aromatic heterocycles. The molecule has 0 atom stereocenters. The molecule has 0 aliphatic carbocycles. The molecule has 1 aromatic rings. The Balaban J connectivity index is 2.51. The van der Waals surface area contributed by atoms with Crippen molar-refractivity contribution in [1.29, 1.82) is 0 Å². The van der Waals surface area contributed by atoms with E-state index in [0.29, 0.717) is 13.2 Å². The average molecular weight is 196 g/mol. The zero-order chi connectivity index (χ0) is 10.4.